The lowest BCUT2D eigenvalue weighted by Gasteiger charge is -2.19. The molecule has 1 N–H and O–H groups in total. The van der Waals surface area contributed by atoms with E-state index < -0.39 is 0 Å². The van der Waals surface area contributed by atoms with Crippen LogP contribution < -0.4 is 14.8 Å². The van der Waals surface area contributed by atoms with Gasteiger partial charge >= 0.3 is 0 Å². The van der Waals surface area contributed by atoms with Gasteiger partial charge in [0.25, 0.3) is 0 Å². The second-order valence-corrected chi connectivity index (χ2v) is 5.95. The third-order valence-corrected chi connectivity index (χ3v) is 3.06. The maximum atomic E-state index is 5.30. The molecule has 0 radical (unpaired) electrons. The van der Waals surface area contributed by atoms with Crippen molar-refractivity contribution in [3.8, 4) is 11.5 Å². The van der Waals surface area contributed by atoms with Crippen molar-refractivity contribution in [1.82, 2.24) is 5.32 Å². The average molecular weight is 277 g/mol. The molecule has 1 aromatic carbocycles. The van der Waals surface area contributed by atoms with Crippen molar-refractivity contribution < 1.29 is 9.47 Å². The molecule has 0 saturated carbocycles. The van der Waals surface area contributed by atoms with E-state index in [1.807, 2.05) is 18.2 Å². The van der Waals surface area contributed by atoms with Crippen LogP contribution in [0, 0.1) is 0 Å². The minimum Gasteiger partial charge on any atom is -0.497 e. The Morgan fingerprint density at radius 3 is 2.10 bits per heavy atom. The van der Waals surface area contributed by atoms with Crippen LogP contribution in [0.15, 0.2) is 24.3 Å². The summed E-state index contributed by atoms with van der Waals surface area (Å²) < 4.78 is 10.6. The zero-order valence-corrected chi connectivity index (χ0v) is 13.5. The third kappa shape index (κ3) is 5.66. The molecular weight excluding hydrogens is 250 g/mol. The average Bonchev–Trinajstić information content (AvgIpc) is 2.41. The van der Waals surface area contributed by atoms with Crippen LogP contribution >= 0.6 is 0 Å². The van der Waals surface area contributed by atoms with Crippen LogP contribution in [0.1, 0.15) is 39.7 Å². The molecule has 112 valence electrons. The molecule has 1 aromatic rings. The Hall–Kier alpha value is -1.48. The molecule has 0 unspecified atom stereocenters. The highest BCUT2D eigenvalue weighted by atomic mass is 16.5. The van der Waals surface area contributed by atoms with Gasteiger partial charge in [0.1, 0.15) is 11.5 Å². The Labute approximate surface area is 123 Å². The molecule has 0 aliphatic heterocycles. The van der Waals surface area contributed by atoms with Gasteiger partial charge in [0.05, 0.1) is 14.2 Å². The molecule has 0 saturated heterocycles. The van der Waals surface area contributed by atoms with Crippen molar-refractivity contribution >= 4 is 5.57 Å². The van der Waals surface area contributed by atoms with Crippen molar-refractivity contribution in [1.29, 1.82) is 0 Å². The molecule has 0 atom stereocenters. The summed E-state index contributed by atoms with van der Waals surface area (Å²) >= 11 is 0. The summed E-state index contributed by atoms with van der Waals surface area (Å²) in [6, 6.07) is 5.95. The molecule has 1 rings (SSSR count). The molecule has 0 aliphatic carbocycles. The Morgan fingerprint density at radius 1 is 1.10 bits per heavy atom. The number of rotatable bonds is 6. The number of allylic oxidation sites excluding steroid dienone is 1. The van der Waals surface area contributed by atoms with E-state index in [9.17, 15) is 0 Å². The van der Waals surface area contributed by atoms with Crippen molar-refractivity contribution in [2.75, 3.05) is 20.8 Å². The lowest BCUT2D eigenvalue weighted by Crippen LogP contribution is -2.36. The van der Waals surface area contributed by atoms with Gasteiger partial charge in [-0.3, -0.25) is 0 Å². The quantitative estimate of drug-likeness (QED) is 0.800. The number of hydrogen-bond donors (Lipinski definition) is 1. The summed E-state index contributed by atoms with van der Waals surface area (Å²) in [7, 11) is 3.34. The van der Waals surface area contributed by atoms with Gasteiger partial charge in [0.15, 0.2) is 0 Å². The maximum absolute atomic E-state index is 5.30. The van der Waals surface area contributed by atoms with Crippen LogP contribution in [0.5, 0.6) is 11.5 Å². The predicted molar refractivity (Wildman–Crippen MR) is 85.6 cm³/mol. The smallest absolute Gasteiger partial charge is 0.123 e. The first-order valence-electron chi connectivity index (χ1n) is 7.01. The fourth-order valence-corrected chi connectivity index (χ4v) is 1.89. The first kappa shape index (κ1) is 16.6. The highest BCUT2D eigenvalue weighted by Crippen LogP contribution is 2.26. The first-order chi connectivity index (χ1) is 9.35. The first-order valence-corrected chi connectivity index (χ1v) is 7.01. The van der Waals surface area contributed by atoms with Crippen LogP contribution in [0.2, 0.25) is 0 Å². The zero-order chi connectivity index (χ0) is 15.2. The summed E-state index contributed by atoms with van der Waals surface area (Å²) in [6.07, 6.45) is 3.25. The molecule has 0 amide bonds. The van der Waals surface area contributed by atoms with Crippen LogP contribution in [-0.2, 0) is 0 Å². The fraction of sp³-hybridized carbons (Fsp3) is 0.529. The lowest BCUT2D eigenvalue weighted by molar-refractivity contribution is 0.394. The second kappa shape index (κ2) is 7.34. The van der Waals surface area contributed by atoms with Gasteiger partial charge in [-0.25, -0.2) is 0 Å². The second-order valence-electron chi connectivity index (χ2n) is 5.95. The van der Waals surface area contributed by atoms with Crippen molar-refractivity contribution in [3.63, 3.8) is 0 Å². The van der Waals surface area contributed by atoms with Gasteiger partial charge in [0.2, 0.25) is 0 Å². The zero-order valence-electron chi connectivity index (χ0n) is 13.5. The lowest BCUT2D eigenvalue weighted by atomic mass is 10.0. The highest BCUT2D eigenvalue weighted by molar-refractivity contribution is 5.66. The molecule has 0 fully saturated rings. The number of ether oxygens (including phenoxy) is 2. The van der Waals surface area contributed by atoms with Crippen LogP contribution in [0.4, 0.5) is 0 Å². The van der Waals surface area contributed by atoms with Gasteiger partial charge in [-0.2, -0.15) is 0 Å². The summed E-state index contributed by atoms with van der Waals surface area (Å²) in [5.41, 5.74) is 2.54. The number of benzene rings is 1. The van der Waals surface area contributed by atoms with E-state index in [1.54, 1.807) is 14.2 Å². The monoisotopic (exact) mass is 277 g/mol. The minimum absolute atomic E-state index is 0.168. The van der Waals surface area contributed by atoms with Crippen molar-refractivity contribution in [3.05, 3.63) is 29.8 Å². The van der Waals surface area contributed by atoms with Gasteiger partial charge in [-0.05, 0) is 63.9 Å². The summed E-state index contributed by atoms with van der Waals surface area (Å²) in [5, 5.41) is 3.48. The van der Waals surface area contributed by atoms with Crippen LogP contribution in [0.25, 0.3) is 5.57 Å². The fourth-order valence-electron chi connectivity index (χ4n) is 1.89. The summed E-state index contributed by atoms with van der Waals surface area (Å²) in [5.74, 6) is 1.64. The Kier molecular flexibility index (Phi) is 6.08. The topological polar surface area (TPSA) is 30.5 Å². The molecule has 3 heteroatoms. The Balaban J connectivity index is 2.73. The molecule has 0 spiro atoms. The van der Waals surface area contributed by atoms with E-state index in [4.69, 9.17) is 9.47 Å². The van der Waals surface area contributed by atoms with E-state index in [0.29, 0.717) is 0 Å². The number of hydrogen-bond acceptors (Lipinski definition) is 3. The van der Waals surface area contributed by atoms with E-state index in [0.717, 1.165) is 30.0 Å². The van der Waals surface area contributed by atoms with Crippen molar-refractivity contribution in [2.24, 2.45) is 0 Å². The third-order valence-electron chi connectivity index (χ3n) is 3.06. The molecule has 0 aromatic heterocycles. The Bertz CT molecular complexity index is 436. The van der Waals surface area contributed by atoms with E-state index in [-0.39, 0.29) is 5.54 Å². The number of nitrogens with one attached hydrogen (secondary N) is 1. The van der Waals surface area contributed by atoms with Crippen molar-refractivity contribution in [2.45, 2.75) is 39.7 Å². The SMILES string of the molecule is COc1cc(OC)cc(/C(C)=C/CCNC(C)(C)C)c1. The molecule has 0 bridgehead atoms. The van der Waals surface area contributed by atoms with Gasteiger partial charge in [0, 0.05) is 11.6 Å². The van der Waals surface area contributed by atoms with Gasteiger partial charge < -0.3 is 14.8 Å². The Morgan fingerprint density at radius 2 is 1.65 bits per heavy atom. The minimum atomic E-state index is 0.168. The number of methoxy groups -OCH3 is 2. The summed E-state index contributed by atoms with van der Waals surface area (Å²) in [4.78, 5) is 0. The van der Waals surface area contributed by atoms with Gasteiger partial charge in [-0.1, -0.05) is 6.08 Å². The van der Waals surface area contributed by atoms with E-state index in [1.165, 1.54) is 5.57 Å². The van der Waals surface area contributed by atoms with Gasteiger partial charge in [-0.15, -0.1) is 0 Å². The summed E-state index contributed by atoms with van der Waals surface area (Å²) in [6.45, 7) is 9.62. The van der Waals surface area contributed by atoms with E-state index in [2.05, 4.69) is 39.1 Å². The molecule has 0 heterocycles. The normalized spacial score (nSPS) is 12.4. The largest absolute Gasteiger partial charge is 0.497 e. The maximum Gasteiger partial charge on any atom is 0.123 e. The molecule has 20 heavy (non-hydrogen) atoms. The van der Waals surface area contributed by atoms with Crippen LogP contribution in [0.3, 0.4) is 0 Å². The standard InChI is InChI=1S/C17H27NO2/c1-13(8-7-9-18-17(2,3)4)14-10-15(19-5)12-16(11-14)20-6/h8,10-12,18H,7,9H2,1-6H3/b13-8+. The molecule has 3 nitrogen and oxygen atoms in total. The predicted octanol–water partition coefficient (Wildman–Crippen LogP) is 3.89. The van der Waals surface area contributed by atoms with E-state index >= 15 is 0 Å². The molecule has 0 aliphatic rings. The molecular formula is C17H27NO2. The van der Waals surface area contributed by atoms with Crippen LogP contribution in [-0.4, -0.2) is 26.3 Å². The highest BCUT2D eigenvalue weighted by Gasteiger charge is 2.07.